The van der Waals surface area contributed by atoms with Crippen LogP contribution in [0.3, 0.4) is 0 Å². The number of ether oxygens (including phenoxy) is 1. The molecule has 0 atom stereocenters. The van der Waals surface area contributed by atoms with Crippen LogP contribution in [0.5, 0.6) is 11.6 Å². The summed E-state index contributed by atoms with van der Waals surface area (Å²) in [5.74, 6) is 1.46. The van der Waals surface area contributed by atoms with Gasteiger partial charge in [-0.25, -0.2) is 4.98 Å². The molecule has 3 heteroatoms. The molecule has 3 nitrogen and oxygen atoms in total. The third kappa shape index (κ3) is 3.08. The molecule has 1 heterocycles. The maximum absolute atomic E-state index is 5.76. The highest BCUT2D eigenvalue weighted by Gasteiger charge is 2.01. The Morgan fingerprint density at radius 2 is 1.94 bits per heavy atom. The quantitative estimate of drug-likeness (QED) is 0.894. The van der Waals surface area contributed by atoms with E-state index in [2.05, 4.69) is 30.2 Å². The summed E-state index contributed by atoms with van der Waals surface area (Å²) in [5.41, 5.74) is 3.64. The summed E-state index contributed by atoms with van der Waals surface area (Å²) in [6.45, 7) is 4.98. The molecular formula is C15H18N2O. The summed E-state index contributed by atoms with van der Waals surface area (Å²) in [6.07, 6.45) is 1.77. The predicted molar refractivity (Wildman–Crippen MR) is 73.0 cm³/mol. The van der Waals surface area contributed by atoms with Gasteiger partial charge in [0.25, 0.3) is 0 Å². The Morgan fingerprint density at radius 3 is 2.67 bits per heavy atom. The van der Waals surface area contributed by atoms with Gasteiger partial charge in [-0.05, 0) is 55.8 Å². The van der Waals surface area contributed by atoms with Crippen molar-refractivity contribution < 1.29 is 4.74 Å². The van der Waals surface area contributed by atoms with E-state index in [1.165, 1.54) is 11.1 Å². The van der Waals surface area contributed by atoms with Crippen LogP contribution < -0.4 is 10.1 Å². The number of nitrogens with one attached hydrogen (secondary N) is 1. The second kappa shape index (κ2) is 5.65. The zero-order chi connectivity index (χ0) is 13.0. The molecular weight excluding hydrogens is 224 g/mol. The Hall–Kier alpha value is -1.87. The summed E-state index contributed by atoms with van der Waals surface area (Å²) < 4.78 is 5.76. The van der Waals surface area contributed by atoms with Crippen molar-refractivity contribution in [1.82, 2.24) is 10.3 Å². The first-order valence-electron chi connectivity index (χ1n) is 6.03. The van der Waals surface area contributed by atoms with Crippen LogP contribution in [0.25, 0.3) is 0 Å². The van der Waals surface area contributed by atoms with Gasteiger partial charge in [-0.1, -0.05) is 6.07 Å². The van der Waals surface area contributed by atoms with Crippen LogP contribution in [0.2, 0.25) is 0 Å². The summed E-state index contributed by atoms with van der Waals surface area (Å²) >= 11 is 0. The molecule has 0 aliphatic rings. The first-order chi connectivity index (χ1) is 8.69. The van der Waals surface area contributed by atoms with Crippen LogP contribution in [-0.4, -0.2) is 12.0 Å². The van der Waals surface area contributed by atoms with E-state index >= 15 is 0 Å². The van der Waals surface area contributed by atoms with Crippen LogP contribution >= 0.6 is 0 Å². The average Bonchev–Trinajstić information content (AvgIpc) is 2.35. The van der Waals surface area contributed by atoms with Crippen LogP contribution in [0.4, 0.5) is 0 Å². The largest absolute Gasteiger partial charge is 0.439 e. The molecule has 0 spiro atoms. The number of benzene rings is 1. The van der Waals surface area contributed by atoms with Crippen molar-refractivity contribution in [2.24, 2.45) is 0 Å². The molecule has 2 aromatic rings. The minimum Gasteiger partial charge on any atom is -0.439 e. The second-order valence-corrected chi connectivity index (χ2v) is 4.38. The van der Waals surface area contributed by atoms with Crippen molar-refractivity contribution >= 4 is 0 Å². The lowest BCUT2D eigenvalue weighted by molar-refractivity contribution is 0.461. The highest BCUT2D eigenvalue weighted by molar-refractivity contribution is 5.36. The predicted octanol–water partition coefficient (Wildman–Crippen LogP) is 3.21. The number of aryl methyl sites for hydroxylation is 2. The van der Waals surface area contributed by atoms with Crippen molar-refractivity contribution in [3.8, 4) is 11.6 Å². The fourth-order valence-corrected chi connectivity index (χ4v) is 1.72. The molecule has 0 radical (unpaired) electrons. The van der Waals surface area contributed by atoms with Gasteiger partial charge in [-0.3, -0.25) is 0 Å². The van der Waals surface area contributed by atoms with E-state index in [0.29, 0.717) is 5.88 Å². The highest BCUT2D eigenvalue weighted by atomic mass is 16.5. The first-order valence-corrected chi connectivity index (χ1v) is 6.03. The van der Waals surface area contributed by atoms with Crippen LogP contribution in [0.15, 0.2) is 36.5 Å². The van der Waals surface area contributed by atoms with E-state index in [4.69, 9.17) is 4.74 Å². The van der Waals surface area contributed by atoms with Gasteiger partial charge < -0.3 is 10.1 Å². The minimum atomic E-state index is 0.631. The van der Waals surface area contributed by atoms with Gasteiger partial charge in [0.2, 0.25) is 5.88 Å². The Kier molecular flexibility index (Phi) is 3.95. The SMILES string of the molecule is CNCc1ccnc(Oc2ccc(C)c(C)c2)c1. The Labute approximate surface area is 108 Å². The maximum atomic E-state index is 5.76. The van der Waals surface area contributed by atoms with E-state index in [1.54, 1.807) is 6.20 Å². The van der Waals surface area contributed by atoms with E-state index in [1.807, 2.05) is 31.3 Å². The zero-order valence-corrected chi connectivity index (χ0v) is 11.0. The van der Waals surface area contributed by atoms with Crippen LogP contribution in [-0.2, 0) is 6.54 Å². The van der Waals surface area contributed by atoms with Gasteiger partial charge in [0, 0.05) is 18.8 Å². The number of aromatic nitrogens is 1. The summed E-state index contributed by atoms with van der Waals surface area (Å²) in [5, 5.41) is 3.11. The summed E-state index contributed by atoms with van der Waals surface area (Å²) in [4.78, 5) is 4.22. The lowest BCUT2D eigenvalue weighted by atomic mass is 10.1. The molecule has 0 saturated heterocycles. The van der Waals surface area contributed by atoms with Crippen molar-refractivity contribution in [2.45, 2.75) is 20.4 Å². The molecule has 0 aliphatic carbocycles. The summed E-state index contributed by atoms with van der Waals surface area (Å²) in [7, 11) is 1.92. The van der Waals surface area contributed by atoms with E-state index in [9.17, 15) is 0 Å². The molecule has 0 bridgehead atoms. The van der Waals surface area contributed by atoms with Gasteiger partial charge in [0.1, 0.15) is 5.75 Å². The standard InChI is InChI=1S/C15H18N2O/c1-11-4-5-14(8-12(11)2)18-15-9-13(10-16-3)6-7-17-15/h4-9,16H,10H2,1-3H3. The number of pyridine rings is 1. The van der Waals surface area contributed by atoms with Crippen molar-refractivity contribution in [3.63, 3.8) is 0 Å². The smallest absolute Gasteiger partial charge is 0.219 e. The molecule has 0 aliphatic heterocycles. The fraction of sp³-hybridized carbons (Fsp3) is 0.267. The van der Waals surface area contributed by atoms with Gasteiger partial charge in [-0.2, -0.15) is 0 Å². The second-order valence-electron chi connectivity index (χ2n) is 4.38. The number of nitrogens with zero attached hydrogens (tertiary/aromatic N) is 1. The normalized spacial score (nSPS) is 10.4. The zero-order valence-electron chi connectivity index (χ0n) is 11.0. The van der Waals surface area contributed by atoms with Gasteiger partial charge in [0.05, 0.1) is 0 Å². The molecule has 0 unspecified atom stereocenters. The fourth-order valence-electron chi connectivity index (χ4n) is 1.72. The molecule has 0 saturated carbocycles. The number of hydrogen-bond donors (Lipinski definition) is 1. The van der Waals surface area contributed by atoms with Crippen molar-refractivity contribution in [1.29, 1.82) is 0 Å². The van der Waals surface area contributed by atoms with Gasteiger partial charge in [0.15, 0.2) is 0 Å². The molecule has 18 heavy (non-hydrogen) atoms. The molecule has 2 rings (SSSR count). The maximum Gasteiger partial charge on any atom is 0.219 e. The van der Waals surface area contributed by atoms with Gasteiger partial charge >= 0.3 is 0 Å². The molecule has 1 N–H and O–H groups in total. The van der Waals surface area contributed by atoms with Crippen molar-refractivity contribution in [3.05, 3.63) is 53.2 Å². The minimum absolute atomic E-state index is 0.631. The highest BCUT2D eigenvalue weighted by Crippen LogP contribution is 2.22. The Morgan fingerprint density at radius 1 is 1.11 bits per heavy atom. The number of rotatable bonds is 4. The van der Waals surface area contributed by atoms with Crippen LogP contribution in [0.1, 0.15) is 16.7 Å². The average molecular weight is 242 g/mol. The Balaban J connectivity index is 2.17. The van der Waals surface area contributed by atoms with Gasteiger partial charge in [-0.15, -0.1) is 0 Å². The monoisotopic (exact) mass is 242 g/mol. The molecule has 1 aromatic carbocycles. The number of hydrogen-bond acceptors (Lipinski definition) is 3. The molecule has 1 aromatic heterocycles. The third-order valence-corrected chi connectivity index (χ3v) is 2.88. The van der Waals surface area contributed by atoms with E-state index in [0.717, 1.165) is 17.9 Å². The van der Waals surface area contributed by atoms with E-state index < -0.39 is 0 Å². The summed E-state index contributed by atoms with van der Waals surface area (Å²) in [6, 6.07) is 9.98. The van der Waals surface area contributed by atoms with Crippen LogP contribution in [0, 0.1) is 13.8 Å². The van der Waals surface area contributed by atoms with E-state index in [-0.39, 0.29) is 0 Å². The molecule has 94 valence electrons. The Bertz CT molecular complexity index is 538. The topological polar surface area (TPSA) is 34.2 Å². The first kappa shape index (κ1) is 12.6. The lowest BCUT2D eigenvalue weighted by Crippen LogP contribution is -2.05. The molecule has 0 amide bonds. The third-order valence-electron chi connectivity index (χ3n) is 2.88. The lowest BCUT2D eigenvalue weighted by Gasteiger charge is -2.08. The molecule has 0 fully saturated rings. The van der Waals surface area contributed by atoms with Crippen molar-refractivity contribution in [2.75, 3.05) is 7.05 Å².